The number of rotatable bonds is 4. The molecule has 0 aliphatic carbocycles. The summed E-state index contributed by atoms with van der Waals surface area (Å²) in [6, 6.07) is 2.79. The number of halogens is 3. The molecule has 1 heterocycles. The van der Waals surface area contributed by atoms with Crippen molar-refractivity contribution >= 4 is 21.6 Å². The molecule has 1 fully saturated rings. The minimum Gasteiger partial charge on any atom is -0.384 e. The minimum atomic E-state index is -0.479. The third-order valence-corrected chi connectivity index (χ3v) is 4.12. The van der Waals surface area contributed by atoms with Gasteiger partial charge in [0.2, 0.25) is 0 Å². The molecule has 2 rings (SSSR count). The van der Waals surface area contributed by atoms with Gasteiger partial charge in [-0.2, -0.15) is 0 Å². The van der Waals surface area contributed by atoms with E-state index in [0.29, 0.717) is 36.5 Å². The lowest BCUT2D eigenvalue weighted by Gasteiger charge is -2.34. The van der Waals surface area contributed by atoms with E-state index < -0.39 is 11.6 Å². The SMILES string of the molecule is COCC1CCCN(c2c(F)cc(CBr)cc2F)C1. The van der Waals surface area contributed by atoms with Crippen LogP contribution in [0.5, 0.6) is 0 Å². The van der Waals surface area contributed by atoms with Crippen LogP contribution in [-0.4, -0.2) is 26.8 Å². The van der Waals surface area contributed by atoms with E-state index in [-0.39, 0.29) is 5.69 Å². The van der Waals surface area contributed by atoms with Crippen molar-refractivity contribution in [1.82, 2.24) is 0 Å². The van der Waals surface area contributed by atoms with Gasteiger partial charge in [0.05, 0.1) is 6.61 Å². The summed E-state index contributed by atoms with van der Waals surface area (Å²) in [5, 5.41) is 0.452. The fraction of sp³-hybridized carbons (Fsp3) is 0.571. The van der Waals surface area contributed by atoms with Crippen LogP contribution in [0.25, 0.3) is 0 Å². The molecule has 1 aromatic rings. The van der Waals surface area contributed by atoms with E-state index >= 15 is 0 Å². The Hall–Kier alpha value is -0.680. The Kier molecular flexibility index (Phi) is 5.16. The van der Waals surface area contributed by atoms with Crippen LogP contribution in [0, 0.1) is 17.6 Å². The first-order valence-corrected chi connectivity index (χ1v) is 7.55. The summed E-state index contributed by atoms with van der Waals surface area (Å²) in [5.74, 6) is -0.617. The van der Waals surface area contributed by atoms with E-state index in [4.69, 9.17) is 4.74 Å². The van der Waals surface area contributed by atoms with Crippen molar-refractivity contribution in [3.05, 3.63) is 29.3 Å². The van der Waals surface area contributed by atoms with Crippen LogP contribution in [0.15, 0.2) is 12.1 Å². The first-order valence-electron chi connectivity index (χ1n) is 6.43. The number of hydrogen-bond donors (Lipinski definition) is 0. The Balaban J connectivity index is 2.21. The van der Waals surface area contributed by atoms with E-state index in [2.05, 4.69) is 15.9 Å². The van der Waals surface area contributed by atoms with E-state index in [1.54, 1.807) is 12.0 Å². The van der Waals surface area contributed by atoms with E-state index in [0.717, 1.165) is 12.8 Å². The molecule has 0 amide bonds. The fourth-order valence-electron chi connectivity index (χ4n) is 2.64. The number of anilines is 1. The average Bonchev–Trinajstić information content (AvgIpc) is 2.38. The first-order chi connectivity index (χ1) is 9.15. The molecule has 19 heavy (non-hydrogen) atoms. The van der Waals surface area contributed by atoms with Gasteiger partial charge in [-0.05, 0) is 36.5 Å². The molecular formula is C14H18BrF2NO. The summed E-state index contributed by atoms with van der Waals surface area (Å²) in [4.78, 5) is 1.80. The lowest BCUT2D eigenvalue weighted by Crippen LogP contribution is -2.38. The quantitative estimate of drug-likeness (QED) is 0.778. The summed E-state index contributed by atoms with van der Waals surface area (Å²) in [6.07, 6.45) is 1.99. The molecule has 0 aromatic heterocycles. The third kappa shape index (κ3) is 3.45. The maximum Gasteiger partial charge on any atom is 0.149 e. The van der Waals surface area contributed by atoms with Crippen LogP contribution in [0.3, 0.4) is 0 Å². The molecule has 0 spiro atoms. The molecule has 1 unspecified atom stereocenters. The summed E-state index contributed by atoms with van der Waals surface area (Å²) >= 11 is 3.21. The molecule has 2 nitrogen and oxygen atoms in total. The molecule has 0 radical (unpaired) electrons. The Morgan fingerprint density at radius 1 is 1.37 bits per heavy atom. The predicted octanol–water partition coefficient (Wildman–Crippen LogP) is 3.72. The second-order valence-electron chi connectivity index (χ2n) is 4.95. The topological polar surface area (TPSA) is 12.5 Å². The summed E-state index contributed by atoms with van der Waals surface area (Å²) in [5.41, 5.74) is 0.717. The van der Waals surface area contributed by atoms with Gasteiger partial charge in [-0.25, -0.2) is 8.78 Å². The number of piperidine rings is 1. The number of benzene rings is 1. The molecule has 106 valence electrons. The summed E-state index contributed by atoms with van der Waals surface area (Å²) in [7, 11) is 1.66. The zero-order valence-electron chi connectivity index (χ0n) is 11.0. The fourth-order valence-corrected chi connectivity index (χ4v) is 2.96. The monoisotopic (exact) mass is 333 g/mol. The van der Waals surface area contributed by atoms with Crippen molar-refractivity contribution in [2.45, 2.75) is 18.2 Å². The molecule has 1 aromatic carbocycles. The number of methoxy groups -OCH3 is 1. The first kappa shape index (κ1) is 14.7. The second-order valence-corrected chi connectivity index (χ2v) is 5.51. The summed E-state index contributed by atoms with van der Waals surface area (Å²) in [6.45, 7) is 1.98. The van der Waals surface area contributed by atoms with Gasteiger partial charge < -0.3 is 9.64 Å². The third-order valence-electron chi connectivity index (χ3n) is 3.47. The second kappa shape index (κ2) is 6.66. The largest absolute Gasteiger partial charge is 0.384 e. The molecule has 0 bridgehead atoms. The Morgan fingerprint density at radius 3 is 2.63 bits per heavy atom. The predicted molar refractivity (Wildman–Crippen MR) is 75.8 cm³/mol. The van der Waals surface area contributed by atoms with Gasteiger partial charge in [0, 0.05) is 25.5 Å². The molecule has 1 saturated heterocycles. The van der Waals surface area contributed by atoms with E-state index in [1.807, 2.05) is 0 Å². The van der Waals surface area contributed by atoms with Gasteiger partial charge >= 0.3 is 0 Å². The number of alkyl halides is 1. The number of nitrogens with zero attached hydrogens (tertiary/aromatic N) is 1. The Labute approximate surface area is 120 Å². The van der Waals surface area contributed by atoms with Crippen LogP contribution in [0.4, 0.5) is 14.5 Å². The van der Waals surface area contributed by atoms with Crippen molar-refractivity contribution in [1.29, 1.82) is 0 Å². The van der Waals surface area contributed by atoms with Crippen LogP contribution < -0.4 is 4.90 Å². The maximum atomic E-state index is 14.1. The van der Waals surface area contributed by atoms with Gasteiger partial charge in [-0.1, -0.05) is 15.9 Å². The van der Waals surface area contributed by atoms with E-state index in [1.165, 1.54) is 12.1 Å². The van der Waals surface area contributed by atoms with Gasteiger partial charge in [-0.15, -0.1) is 0 Å². The number of hydrogen-bond acceptors (Lipinski definition) is 2. The Bertz CT molecular complexity index is 416. The van der Waals surface area contributed by atoms with Gasteiger partial charge in [0.25, 0.3) is 0 Å². The van der Waals surface area contributed by atoms with Gasteiger partial charge in [-0.3, -0.25) is 0 Å². The van der Waals surface area contributed by atoms with Crippen molar-refractivity contribution < 1.29 is 13.5 Å². The molecule has 0 N–H and O–H groups in total. The molecular weight excluding hydrogens is 316 g/mol. The highest BCUT2D eigenvalue weighted by Gasteiger charge is 2.24. The highest BCUT2D eigenvalue weighted by molar-refractivity contribution is 9.08. The molecule has 0 saturated carbocycles. The summed E-state index contributed by atoms with van der Waals surface area (Å²) < 4.78 is 33.3. The van der Waals surface area contributed by atoms with Crippen molar-refractivity contribution in [3.8, 4) is 0 Å². The zero-order valence-corrected chi connectivity index (χ0v) is 12.6. The minimum absolute atomic E-state index is 0.102. The zero-order chi connectivity index (χ0) is 13.8. The molecule has 1 atom stereocenters. The van der Waals surface area contributed by atoms with Gasteiger partial charge in [0.1, 0.15) is 17.3 Å². The van der Waals surface area contributed by atoms with Crippen molar-refractivity contribution in [2.24, 2.45) is 5.92 Å². The van der Waals surface area contributed by atoms with Crippen molar-refractivity contribution in [2.75, 3.05) is 31.7 Å². The molecule has 1 aliphatic heterocycles. The highest BCUT2D eigenvalue weighted by atomic mass is 79.9. The molecule has 5 heteroatoms. The lowest BCUT2D eigenvalue weighted by atomic mass is 9.98. The lowest BCUT2D eigenvalue weighted by molar-refractivity contribution is 0.143. The highest BCUT2D eigenvalue weighted by Crippen LogP contribution is 2.29. The van der Waals surface area contributed by atoms with Crippen LogP contribution in [0.2, 0.25) is 0 Å². The smallest absolute Gasteiger partial charge is 0.149 e. The van der Waals surface area contributed by atoms with Crippen LogP contribution in [-0.2, 0) is 10.1 Å². The van der Waals surface area contributed by atoms with Crippen LogP contribution >= 0.6 is 15.9 Å². The van der Waals surface area contributed by atoms with Crippen molar-refractivity contribution in [3.63, 3.8) is 0 Å². The Morgan fingerprint density at radius 2 is 2.05 bits per heavy atom. The van der Waals surface area contributed by atoms with E-state index in [9.17, 15) is 8.78 Å². The van der Waals surface area contributed by atoms with Gasteiger partial charge in [0.15, 0.2) is 0 Å². The van der Waals surface area contributed by atoms with Crippen LogP contribution in [0.1, 0.15) is 18.4 Å². The maximum absolute atomic E-state index is 14.1. The average molecular weight is 334 g/mol. The number of ether oxygens (including phenoxy) is 1. The molecule has 1 aliphatic rings. The standard InChI is InChI=1S/C14H18BrF2NO/c1-19-9-10-3-2-4-18(8-10)14-12(16)5-11(7-15)6-13(14)17/h5-6,10H,2-4,7-9H2,1H3. The normalized spacial score (nSPS) is 19.8.